The average Bonchev–Trinajstić information content (AvgIpc) is 2.88. The number of nitrogens with one attached hydrogen (secondary N) is 2. The molecule has 3 amide bonds. The highest BCUT2D eigenvalue weighted by Crippen LogP contribution is 2.26. The fourth-order valence-electron chi connectivity index (χ4n) is 4.81. The highest BCUT2D eigenvalue weighted by Gasteiger charge is 2.43. The number of fused-ring (bicyclic) bond motifs is 1. The van der Waals surface area contributed by atoms with E-state index in [1.807, 2.05) is 42.5 Å². The molecule has 1 saturated heterocycles. The van der Waals surface area contributed by atoms with Gasteiger partial charge in [-0.25, -0.2) is 4.79 Å². The zero-order valence-corrected chi connectivity index (χ0v) is 22.1. The minimum absolute atomic E-state index is 0.0520. The second kappa shape index (κ2) is 11.2. The maximum absolute atomic E-state index is 13.4. The first-order valence-corrected chi connectivity index (χ1v) is 12.9. The van der Waals surface area contributed by atoms with Gasteiger partial charge >= 0.3 is 6.09 Å². The first kappa shape index (κ1) is 27.1. The lowest BCUT2D eigenvalue weighted by molar-refractivity contribution is -0.132. The zero-order chi connectivity index (χ0) is 27.3. The number of anilines is 1. The van der Waals surface area contributed by atoms with Gasteiger partial charge in [-0.2, -0.15) is 5.26 Å². The van der Waals surface area contributed by atoms with Crippen LogP contribution in [0, 0.1) is 11.3 Å². The largest absolute Gasteiger partial charge is 0.444 e. The van der Waals surface area contributed by atoms with E-state index in [9.17, 15) is 19.6 Å². The van der Waals surface area contributed by atoms with E-state index in [1.165, 1.54) is 0 Å². The van der Waals surface area contributed by atoms with Crippen molar-refractivity contribution in [3.8, 4) is 6.07 Å². The van der Waals surface area contributed by atoms with Crippen LogP contribution in [0.25, 0.3) is 0 Å². The number of amides is 3. The summed E-state index contributed by atoms with van der Waals surface area (Å²) in [5.41, 5.74) is 1.34. The molecule has 2 aliphatic heterocycles. The Kier molecular flexibility index (Phi) is 8.02. The summed E-state index contributed by atoms with van der Waals surface area (Å²) >= 11 is 0. The second-order valence-electron chi connectivity index (χ2n) is 10.7. The van der Waals surface area contributed by atoms with Crippen molar-refractivity contribution in [2.75, 3.05) is 24.7 Å². The quantitative estimate of drug-likeness (QED) is 0.604. The third kappa shape index (κ3) is 6.32. The molecule has 0 saturated carbocycles. The van der Waals surface area contributed by atoms with Crippen LogP contribution in [-0.2, 0) is 27.1 Å². The molecular weight excluding hydrogens is 484 g/mol. The predicted octanol–water partition coefficient (Wildman–Crippen LogP) is 3.51. The zero-order valence-electron chi connectivity index (χ0n) is 22.1. The number of ether oxygens (including phenoxy) is 2. The van der Waals surface area contributed by atoms with E-state index < -0.39 is 29.2 Å². The van der Waals surface area contributed by atoms with Gasteiger partial charge in [0.2, 0.25) is 5.91 Å². The number of hydrogen-bond acceptors (Lipinski definition) is 6. The van der Waals surface area contributed by atoms with E-state index in [0.717, 1.165) is 16.8 Å². The van der Waals surface area contributed by atoms with E-state index in [0.29, 0.717) is 31.7 Å². The Balaban J connectivity index is 1.45. The summed E-state index contributed by atoms with van der Waals surface area (Å²) in [6, 6.07) is 16.5. The van der Waals surface area contributed by atoms with Crippen LogP contribution >= 0.6 is 0 Å². The van der Waals surface area contributed by atoms with Crippen molar-refractivity contribution in [1.29, 1.82) is 5.26 Å². The fraction of sp³-hybridized carbons (Fsp3) is 0.448. The summed E-state index contributed by atoms with van der Waals surface area (Å²) in [5, 5.41) is 15.4. The molecule has 1 atom stereocenters. The number of benzene rings is 2. The summed E-state index contributed by atoms with van der Waals surface area (Å²) < 4.78 is 10.8. The first-order valence-electron chi connectivity index (χ1n) is 12.9. The number of carbonyl (C=O) groups excluding carboxylic acids is 3. The number of nitriles is 1. The summed E-state index contributed by atoms with van der Waals surface area (Å²) in [5.74, 6) is -0.492. The van der Waals surface area contributed by atoms with Crippen LogP contribution in [0.3, 0.4) is 0 Å². The van der Waals surface area contributed by atoms with Gasteiger partial charge in [-0.1, -0.05) is 30.3 Å². The number of alkyl carbamates (subject to hydrolysis) is 1. The Bertz CT molecular complexity index is 1230. The average molecular weight is 519 g/mol. The number of para-hydroxylation sites is 1. The number of carbonyl (C=O) groups is 3. The van der Waals surface area contributed by atoms with Crippen molar-refractivity contribution in [2.45, 2.75) is 63.6 Å². The Labute approximate surface area is 223 Å². The van der Waals surface area contributed by atoms with Crippen LogP contribution in [0.5, 0.6) is 0 Å². The van der Waals surface area contributed by atoms with Gasteiger partial charge in [0.05, 0.1) is 6.07 Å². The third-order valence-electron chi connectivity index (χ3n) is 6.74. The fourth-order valence-corrected chi connectivity index (χ4v) is 4.81. The van der Waals surface area contributed by atoms with Gasteiger partial charge in [0, 0.05) is 50.3 Å². The molecule has 4 rings (SSSR count). The maximum Gasteiger partial charge on any atom is 0.408 e. The standard InChI is InChI=1S/C29H34N4O5/c1-28(2,3)38-27(36)32-29(12-15-37-16-13-29)26(35)31-22(19-30)18-20-9-10-24-21(17-20)11-14-33(25(24)34)23-7-5-4-6-8-23/h4-10,17,22H,11-16,18H2,1-3H3,(H,31,35)(H,32,36)/t22-/m0/s1. The molecule has 38 heavy (non-hydrogen) atoms. The normalized spacial score (nSPS) is 17.5. The smallest absolute Gasteiger partial charge is 0.408 e. The van der Waals surface area contributed by atoms with Gasteiger partial charge in [-0.3, -0.25) is 9.59 Å². The van der Waals surface area contributed by atoms with E-state index in [4.69, 9.17) is 9.47 Å². The summed E-state index contributed by atoms with van der Waals surface area (Å²) in [6.07, 6.45) is 0.818. The molecule has 2 N–H and O–H groups in total. The van der Waals surface area contributed by atoms with E-state index in [1.54, 1.807) is 31.7 Å². The van der Waals surface area contributed by atoms with Gasteiger partial charge in [-0.05, 0) is 56.5 Å². The van der Waals surface area contributed by atoms with Crippen LogP contribution < -0.4 is 15.5 Å². The van der Waals surface area contributed by atoms with Gasteiger partial charge < -0.3 is 25.0 Å². The molecule has 1 fully saturated rings. The lowest BCUT2D eigenvalue weighted by atomic mass is 9.88. The molecule has 9 heteroatoms. The van der Waals surface area contributed by atoms with Crippen molar-refractivity contribution in [3.63, 3.8) is 0 Å². The maximum atomic E-state index is 13.4. The number of hydrogen-bond donors (Lipinski definition) is 2. The molecule has 0 unspecified atom stereocenters. The Morgan fingerprint density at radius 3 is 2.53 bits per heavy atom. The third-order valence-corrected chi connectivity index (χ3v) is 6.74. The molecule has 2 aromatic carbocycles. The van der Waals surface area contributed by atoms with Crippen molar-refractivity contribution < 1.29 is 23.9 Å². The lowest BCUT2D eigenvalue weighted by Crippen LogP contribution is -2.63. The molecule has 0 aromatic heterocycles. The van der Waals surface area contributed by atoms with Crippen molar-refractivity contribution in [1.82, 2.24) is 10.6 Å². The van der Waals surface area contributed by atoms with Crippen molar-refractivity contribution in [2.24, 2.45) is 0 Å². The molecule has 9 nitrogen and oxygen atoms in total. The first-order chi connectivity index (χ1) is 18.1. The Hall–Kier alpha value is -3.90. The monoisotopic (exact) mass is 518 g/mol. The Morgan fingerprint density at radius 1 is 1.16 bits per heavy atom. The lowest BCUT2D eigenvalue weighted by Gasteiger charge is -2.37. The van der Waals surface area contributed by atoms with Crippen molar-refractivity contribution in [3.05, 3.63) is 65.2 Å². The summed E-state index contributed by atoms with van der Waals surface area (Å²) in [7, 11) is 0. The molecule has 2 heterocycles. The van der Waals surface area contributed by atoms with Gasteiger partial charge in [-0.15, -0.1) is 0 Å². The van der Waals surface area contributed by atoms with Gasteiger partial charge in [0.15, 0.2) is 0 Å². The van der Waals surface area contributed by atoms with Gasteiger partial charge in [0.1, 0.15) is 17.2 Å². The van der Waals surface area contributed by atoms with Crippen LogP contribution in [0.1, 0.15) is 55.1 Å². The van der Waals surface area contributed by atoms with Crippen LogP contribution in [0.2, 0.25) is 0 Å². The number of rotatable bonds is 6. The highest BCUT2D eigenvalue weighted by atomic mass is 16.6. The molecule has 0 aliphatic carbocycles. The minimum Gasteiger partial charge on any atom is -0.444 e. The molecular formula is C29H34N4O5. The molecule has 200 valence electrons. The van der Waals surface area contributed by atoms with Gasteiger partial charge in [0.25, 0.3) is 5.91 Å². The molecule has 2 aliphatic rings. The molecule has 0 bridgehead atoms. The molecule has 2 aromatic rings. The van der Waals surface area contributed by atoms with E-state index in [2.05, 4.69) is 16.7 Å². The predicted molar refractivity (Wildman–Crippen MR) is 142 cm³/mol. The molecule has 0 spiro atoms. The van der Waals surface area contributed by atoms with E-state index in [-0.39, 0.29) is 25.2 Å². The van der Waals surface area contributed by atoms with Crippen LogP contribution in [0.4, 0.5) is 10.5 Å². The van der Waals surface area contributed by atoms with Crippen LogP contribution in [0.15, 0.2) is 48.5 Å². The van der Waals surface area contributed by atoms with E-state index >= 15 is 0 Å². The topological polar surface area (TPSA) is 121 Å². The number of nitrogens with zero attached hydrogens (tertiary/aromatic N) is 2. The summed E-state index contributed by atoms with van der Waals surface area (Å²) in [4.78, 5) is 40.8. The second-order valence-corrected chi connectivity index (χ2v) is 10.7. The molecule has 0 radical (unpaired) electrons. The van der Waals surface area contributed by atoms with Crippen molar-refractivity contribution >= 4 is 23.6 Å². The summed E-state index contributed by atoms with van der Waals surface area (Å²) in [6.45, 7) is 6.43. The highest BCUT2D eigenvalue weighted by molar-refractivity contribution is 6.08. The SMILES string of the molecule is CC(C)(C)OC(=O)NC1(C(=O)N[C@H](C#N)Cc2ccc3c(c2)CCN(c2ccccc2)C3=O)CCOCC1. The Morgan fingerprint density at radius 2 is 1.87 bits per heavy atom. The minimum atomic E-state index is -1.22. The van der Waals surface area contributed by atoms with Crippen LogP contribution in [-0.4, -0.2) is 54.8 Å².